The molecule has 0 unspecified atom stereocenters. The highest BCUT2D eigenvalue weighted by atomic mass is 16.4. The van der Waals surface area contributed by atoms with Crippen LogP contribution in [-0.2, 0) is 0 Å². The summed E-state index contributed by atoms with van der Waals surface area (Å²) < 4.78 is 16.7. The summed E-state index contributed by atoms with van der Waals surface area (Å²) in [7, 11) is 0. The van der Waals surface area contributed by atoms with E-state index in [0.29, 0.717) is 0 Å². The van der Waals surface area contributed by atoms with Crippen molar-refractivity contribution < 1.29 is 13.3 Å². The number of furan rings is 3. The average molecular weight is 248 g/mol. The SMILES string of the molecule is c1cc2c(ccc3c4ccoc4c4occc4c23)o1. The van der Waals surface area contributed by atoms with E-state index in [0.717, 1.165) is 43.7 Å². The third-order valence-corrected chi connectivity index (χ3v) is 3.73. The van der Waals surface area contributed by atoms with E-state index >= 15 is 0 Å². The van der Waals surface area contributed by atoms with Crippen LogP contribution in [0.4, 0.5) is 0 Å². The van der Waals surface area contributed by atoms with Gasteiger partial charge in [0.25, 0.3) is 0 Å². The molecule has 0 spiro atoms. The van der Waals surface area contributed by atoms with E-state index in [4.69, 9.17) is 13.3 Å². The molecule has 5 rings (SSSR count). The Morgan fingerprint density at radius 1 is 0.526 bits per heavy atom. The molecule has 0 bridgehead atoms. The molecule has 0 radical (unpaired) electrons. The zero-order valence-electron chi connectivity index (χ0n) is 9.84. The first-order valence-electron chi connectivity index (χ1n) is 6.10. The van der Waals surface area contributed by atoms with E-state index < -0.39 is 0 Å². The molecule has 0 N–H and O–H groups in total. The molecule has 0 aliphatic carbocycles. The van der Waals surface area contributed by atoms with E-state index in [2.05, 4.69) is 6.07 Å². The van der Waals surface area contributed by atoms with Crippen LogP contribution in [0, 0.1) is 0 Å². The first kappa shape index (κ1) is 9.28. The molecule has 0 aliphatic heterocycles. The molecular weight excluding hydrogens is 240 g/mol. The maximum atomic E-state index is 5.60. The van der Waals surface area contributed by atoms with Crippen LogP contribution >= 0.6 is 0 Å². The number of benzene rings is 2. The zero-order valence-corrected chi connectivity index (χ0v) is 9.84. The third kappa shape index (κ3) is 0.993. The molecular formula is C16H8O3. The zero-order chi connectivity index (χ0) is 12.4. The fourth-order valence-electron chi connectivity index (χ4n) is 2.94. The smallest absolute Gasteiger partial charge is 0.177 e. The predicted molar refractivity (Wildman–Crippen MR) is 73.3 cm³/mol. The van der Waals surface area contributed by atoms with Gasteiger partial charge in [0.15, 0.2) is 11.2 Å². The summed E-state index contributed by atoms with van der Waals surface area (Å²) in [4.78, 5) is 0. The van der Waals surface area contributed by atoms with Gasteiger partial charge in [-0.2, -0.15) is 0 Å². The van der Waals surface area contributed by atoms with Crippen molar-refractivity contribution in [2.45, 2.75) is 0 Å². The second-order valence-corrected chi connectivity index (χ2v) is 4.65. The van der Waals surface area contributed by atoms with Gasteiger partial charge < -0.3 is 13.3 Å². The molecule has 0 fully saturated rings. The molecule has 3 aromatic heterocycles. The fourth-order valence-corrected chi connectivity index (χ4v) is 2.94. The Hall–Kier alpha value is -2.68. The maximum absolute atomic E-state index is 5.60. The van der Waals surface area contributed by atoms with Crippen molar-refractivity contribution >= 4 is 43.7 Å². The van der Waals surface area contributed by atoms with Crippen LogP contribution in [0.15, 0.2) is 62.4 Å². The standard InChI is InChI=1S/C16H8O3/c1-2-13-11(4-6-17-13)14-9(1)10-3-7-18-15(10)16-12(14)5-8-19-16/h1-8H. The Balaban J connectivity index is 2.30. The Morgan fingerprint density at radius 2 is 1.21 bits per heavy atom. The first-order chi connectivity index (χ1) is 9.43. The van der Waals surface area contributed by atoms with Gasteiger partial charge in [-0.1, -0.05) is 0 Å². The van der Waals surface area contributed by atoms with Crippen LogP contribution in [-0.4, -0.2) is 0 Å². The van der Waals surface area contributed by atoms with Crippen molar-refractivity contribution in [3.8, 4) is 0 Å². The van der Waals surface area contributed by atoms with Crippen molar-refractivity contribution in [2.24, 2.45) is 0 Å². The molecule has 90 valence electrons. The van der Waals surface area contributed by atoms with Crippen molar-refractivity contribution in [3.05, 3.63) is 49.1 Å². The molecule has 5 aromatic rings. The van der Waals surface area contributed by atoms with E-state index in [1.807, 2.05) is 24.3 Å². The molecule has 0 saturated heterocycles. The Morgan fingerprint density at radius 3 is 2.11 bits per heavy atom. The lowest BCUT2D eigenvalue weighted by Gasteiger charge is -2.02. The molecule has 0 atom stereocenters. The van der Waals surface area contributed by atoms with E-state index in [9.17, 15) is 0 Å². The van der Waals surface area contributed by atoms with Gasteiger partial charge in [-0.3, -0.25) is 0 Å². The van der Waals surface area contributed by atoms with Gasteiger partial charge in [-0.25, -0.2) is 0 Å². The lowest BCUT2D eigenvalue weighted by atomic mass is 10.00. The minimum atomic E-state index is 0.793. The summed E-state index contributed by atoms with van der Waals surface area (Å²) in [5.74, 6) is 0. The van der Waals surface area contributed by atoms with Gasteiger partial charge >= 0.3 is 0 Å². The number of fused-ring (bicyclic) bond motifs is 8. The van der Waals surface area contributed by atoms with Gasteiger partial charge in [-0.15, -0.1) is 0 Å². The largest absolute Gasteiger partial charge is 0.464 e. The highest BCUT2D eigenvalue weighted by Crippen LogP contribution is 2.39. The third-order valence-electron chi connectivity index (χ3n) is 3.73. The molecule has 3 heteroatoms. The van der Waals surface area contributed by atoms with Crippen LogP contribution in [0.1, 0.15) is 0 Å². The van der Waals surface area contributed by atoms with Crippen LogP contribution in [0.3, 0.4) is 0 Å². The van der Waals surface area contributed by atoms with Crippen molar-refractivity contribution in [2.75, 3.05) is 0 Å². The molecule has 0 amide bonds. The normalized spacial score (nSPS) is 12.2. The van der Waals surface area contributed by atoms with Gasteiger partial charge in [-0.05, 0) is 35.7 Å². The van der Waals surface area contributed by atoms with Crippen LogP contribution in [0.2, 0.25) is 0 Å². The highest BCUT2D eigenvalue weighted by molar-refractivity contribution is 6.28. The van der Waals surface area contributed by atoms with Gasteiger partial charge in [0.05, 0.1) is 18.8 Å². The topological polar surface area (TPSA) is 39.4 Å². The summed E-state index contributed by atoms with van der Waals surface area (Å²) in [6.45, 7) is 0. The number of hydrogen-bond acceptors (Lipinski definition) is 3. The van der Waals surface area contributed by atoms with Gasteiger partial charge in [0, 0.05) is 21.5 Å². The molecule has 2 aromatic carbocycles. The second kappa shape index (κ2) is 3.01. The summed E-state index contributed by atoms with van der Waals surface area (Å²) in [6.07, 6.45) is 5.12. The fraction of sp³-hybridized carbons (Fsp3) is 0. The lowest BCUT2D eigenvalue weighted by Crippen LogP contribution is -1.77. The molecule has 0 aliphatic rings. The summed E-state index contributed by atoms with van der Waals surface area (Å²) in [6, 6.07) is 10.0. The van der Waals surface area contributed by atoms with Gasteiger partial charge in [0.1, 0.15) is 5.58 Å². The summed E-state index contributed by atoms with van der Waals surface area (Å²) >= 11 is 0. The van der Waals surface area contributed by atoms with E-state index in [-0.39, 0.29) is 0 Å². The molecule has 0 saturated carbocycles. The van der Waals surface area contributed by atoms with Crippen LogP contribution < -0.4 is 0 Å². The van der Waals surface area contributed by atoms with Crippen molar-refractivity contribution in [1.29, 1.82) is 0 Å². The number of hydrogen-bond donors (Lipinski definition) is 0. The molecule has 3 heterocycles. The second-order valence-electron chi connectivity index (χ2n) is 4.65. The van der Waals surface area contributed by atoms with Crippen LogP contribution in [0.25, 0.3) is 43.7 Å². The summed E-state index contributed by atoms with van der Waals surface area (Å²) in [5, 5.41) is 5.55. The van der Waals surface area contributed by atoms with Crippen LogP contribution in [0.5, 0.6) is 0 Å². The first-order valence-corrected chi connectivity index (χ1v) is 6.10. The van der Waals surface area contributed by atoms with Gasteiger partial charge in [0.2, 0.25) is 0 Å². The van der Waals surface area contributed by atoms with E-state index in [1.165, 1.54) is 0 Å². The number of rotatable bonds is 0. The van der Waals surface area contributed by atoms with E-state index in [1.54, 1.807) is 18.8 Å². The van der Waals surface area contributed by atoms with Crippen molar-refractivity contribution in [3.63, 3.8) is 0 Å². The molecule has 19 heavy (non-hydrogen) atoms. The Kier molecular flexibility index (Phi) is 1.47. The minimum Gasteiger partial charge on any atom is -0.464 e. The Labute approximate surface area is 107 Å². The lowest BCUT2D eigenvalue weighted by molar-refractivity contribution is 0.583. The quantitative estimate of drug-likeness (QED) is 0.383. The minimum absolute atomic E-state index is 0.793. The predicted octanol–water partition coefficient (Wildman–Crippen LogP) is 5.08. The van der Waals surface area contributed by atoms with Crippen molar-refractivity contribution in [1.82, 2.24) is 0 Å². The Bertz CT molecular complexity index is 1060. The molecule has 3 nitrogen and oxygen atoms in total. The monoisotopic (exact) mass is 248 g/mol. The highest BCUT2D eigenvalue weighted by Gasteiger charge is 2.15. The summed E-state index contributed by atoms with van der Waals surface area (Å²) in [5.41, 5.74) is 2.48. The maximum Gasteiger partial charge on any atom is 0.177 e. The average Bonchev–Trinajstić information content (AvgIpc) is 3.17.